The average molecular weight is 314 g/mol. The van der Waals surface area contributed by atoms with Gasteiger partial charge in [-0.25, -0.2) is 0 Å². The van der Waals surface area contributed by atoms with Gasteiger partial charge < -0.3 is 9.47 Å². The van der Waals surface area contributed by atoms with E-state index in [0.717, 1.165) is 43.8 Å². The minimum atomic E-state index is 0.574. The van der Waals surface area contributed by atoms with Crippen molar-refractivity contribution in [1.82, 2.24) is 0 Å². The molecule has 0 radical (unpaired) electrons. The molecule has 23 heavy (non-hydrogen) atoms. The van der Waals surface area contributed by atoms with Crippen LogP contribution in [0.1, 0.15) is 52.5 Å². The van der Waals surface area contributed by atoms with Gasteiger partial charge >= 0.3 is 0 Å². The molecule has 0 spiro atoms. The number of fused-ring (bicyclic) bond motifs is 1. The molecule has 1 aromatic rings. The van der Waals surface area contributed by atoms with Gasteiger partial charge in [0.2, 0.25) is 0 Å². The molecule has 0 fully saturated rings. The van der Waals surface area contributed by atoms with Crippen LogP contribution in [0.2, 0.25) is 0 Å². The molecule has 0 saturated carbocycles. The van der Waals surface area contributed by atoms with E-state index < -0.39 is 0 Å². The summed E-state index contributed by atoms with van der Waals surface area (Å²) >= 11 is 0. The zero-order chi connectivity index (χ0) is 16.7. The summed E-state index contributed by atoms with van der Waals surface area (Å²) in [6, 6.07) is 6.21. The minimum Gasteiger partial charge on any atom is -0.493 e. The topological polar surface area (TPSA) is 18.5 Å². The molecule has 2 nitrogen and oxygen atoms in total. The van der Waals surface area contributed by atoms with Crippen molar-refractivity contribution in [3.8, 4) is 11.5 Å². The Hall–Kier alpha value is -1.70. The van der Waals surface area contributed by atoms with E-state index in [9.17, 15) is 0 Å². The second-order valence-corrected chi connectivity index (χ2v) is 6.58. The van der Waals surface area contributed by atoms with Crippen molar-refractivity contribution in [1.29, 1.82) is 0 Å². The Kier molecular flexibility index (Phi) is 6.76. The number of allylic oxidation sites excluding steroid dienone is 3. The Morgan fingerprint density at radius 2 is 2.13 bits per heavy atom. The van der Waals surface area contributed by atoms with Crippen LogP contribution >= 0.6 is 0 Å². The van der Waals surface area contributed by atoms with Gasteiger partial charge in [0, 0.05) is 6.07 Å². The number of hydrogen-bond donors (Lipinski definition) is 0. The normalized spacial score (nSPS) is 15.4. The molecular formula is C21H30O2. The first-order valence-electron chi connectivity index (χ1n) is 8.81. The highest BCUT2D eigenvalue weighted by Gasteiger charge is 2.11. The zero-order valence-electron chi connectivity index (χ0n) is 15.0. The molecule has 1 aromatic carbocycles. The third kappa shape index (κ3) is 5.46. The van der Waals surface area contributed by atoms with Crippen LogP contribution in [0.3, 0.4) is 0 Å². The largest absolute Gasteiger partial charge is 0.493 e. The van der Waals surface area contributed by atoms with E-state index in [1.54, 1.807) is 0 Å². The number of hydrogen-bond acceptors (Lipinski definition) is 2. The van der Waals surface area contributed by atoms with E-state index in [2.05, 4.69) is 52.0 Å². The van der Waals surface area contributed by atoms with E-state index in [1.165, 1.54) is 16.7 Å². The number of benzene rings is 1. The Morgan fingerprint density at radius 3 is 2.87 bits per heavy atom. The van der Waals surface area contributed by atoms with Crippen molar-refractivity contribution in [3.05, 3.63) is 47.1 Å². The Morgan fingerprint density at radius 1 is 1.30 bits per heavy atom. The minimum absolute atomic E-state index is 0.574. The fourth-order valence-corrected chi connectivity index (χ4v) is 2.91. The lowest BCUT2D eigenvalue weighted by atomic mass is 9.94. The molecule has 1 aliphatic rings. The van der Waals surface area contributed by atoms with E-state index in [1.807, 2.05) is 6.07 Å². The van der Waals surface area contributed by atoms with Gasteiger partial charge in [0.1, 0.15) is 18.1 Å². The summed E-state index contributed by atoms with van der Waals surface area (Å²) in [4.78, 5) is 0. The molecule has 0 aromatic heterocycles. The molecule has 0 amide bonds. The summed E-state index contributed by atoms with van der Waals surface area (Å²) in [5, 5.41) is 0. The second-order valence-electron chi connectivity index (χ2n) is 6.58. The summed E-state index contributed by atoms with van der Waals surface area (Å²) in [5.41, 5.74) is 4.15. The SMILES string of the molecule is CC/C(=C\COc1ccc2c(c1)OCCC2)C(C)CC=C(C)C. The van der Waals surface area contributed by atoms with Crippen LogP contribution in [0.25, 0.3) is 0 Å². The summed E-state index contributed by atoms with van der Waals surface area (Å²) in [7, 11) is 0. The first-order valence-corrected chi connectivity index (χ1v) is 8.81. The third-order valence-electron chi connectivity index (χ3n) is 4.40. The fraction of sp³-hybridized carbons (Fsp3) is 0.524. The van der Waals surface area contributed by atoms with E-state index >= 15 is 0 Å². The van der Waals surface area contributed by atoms with Crippen molar-refractivity contribution < 1.29 is 9.47 Å². The lowest BCUT2D eigenvalue weighted by Gasteiger charge is -2.18. The van der Waals surface area contributed by atoms with Crippen LogP contribution in [0.15, 0.2) is 41.5 Å². The van der Waals surface area contributed by atoms with Crippen LogP contribution < -0.4 is 9.47 Å². The van der Waals surface area contributed by atoms with Crippen molar-refractivity contribution in [2.75, 3.05) is 13.2 Å². The van der Waals surface area contributed by atoms with Crippen molar-refractivity contribution in [3.63, 3.8) is 0 Å². The van der Waals surface area contributed by atoms with Gasteiger partial charge in [-0.1, -0.05) is 37.1 Å². The van der Waals surface area contributed by atoms with E-state index in [0.29, 0.717) is 12.5 Å². The van der Waals surface area contributed by atoms with Crippen molar-refractivity contribution >= 4 is 0 Å². The van der Waals surface area contributed by atoms with Gasteiger partial charge in [-0.2, -0.15) is 0 Å². The van der Waals surface area contributed by atoms with Gasteiger partial charge in [-0.3, -0.25) is 0 Å². The van der Waals surface area contributed by atoms with Crippen molar-refractivity contribution in [2.24, 2.45) is 5.92 Å². The van der Waals surface area contributed by atoms with Gasteiger partial charge in [0.25, 0.3) is 0 Å². The number of rotatable bonds is 7. The third-order valence-corrected chi connectivity index (χ3v) is 4.40. The first-order chi connectivity index (χ1) is 11.1. The molecule has 1 unspecified atom stereocenters. The predicted molar refractivity (Wildman–Crippen MR) is 97.3 cm³/mol. The maximum absolute atomic E-state index is 5.91. The Balaban J connectivity index is 1.92. The molecule has 0 saturated heterocycles. The van der Waals surface area contributed by atoms with Gasteiger partial charge in [-0.15, -0.1) is 0 Å². The van der Waals surface area contributed by atoms with Crippen LogP contribution in [-0.2, 0) is 6.42 Å². The molecule has 2 heteroatoms. The monoisotopic (exact) mass is 314 g/mol. The highest BCUT2D eigenvalue weighted by Crippen LogP contribution is 2.29. The van der Waals surface area contributed by atoms with E-state index in [-0.39, 0.29) is 0 Å². The Bertz CT molecular complexity index is 565. The smallest absolute Gasteiger partial charge is 0.126 e. The van der Waals surface area contributed by atoms with E-state index in [4.69, 9.17) is 9.47 Å². The summed E-state index contributed by atoms with van der Waals surface area (Å²) in [6.45, 7) is 10.3. The lowest BCUT2D eigenvalue weighted by molar-refractivity contribution is 0.284. The molecule has 126 valence electrons. The summed E-state index contributed by atoms with van der Waals surface area (Å²) in [5.74, 6) is 2.46. The van der Waals surface area contributed by atoms with Gasteiger partial charge in [-0.05, 0) is 63.2 Å². The van der Waals surface area contributed by atoms with Crippen LogP contribution in [-0.4, -0.2) is 13.2 Å². The standard InChI is InChI=1S/C21H30O2/c1-5-18(17(4)9-8-16(2)3)12-14-22-20-11-10-19-7-6-13-23-21(19)15-20/h8,10-12,15,17H,5-7,9,13-14H2,1-4H3/b18-12+. The number of ether oxygens (including phenoxy) is 2. The molecule has 0 aliphatic carbocycles. The number of aryl methyl sites for hydroxylation is 1. The molecule has 2 rings (SSSR count). The highest BCUT2D eigenvalue weighted by atomic mass is 16.5. The zero-order valence-corrected chi connectivity index (χ0v) is 15.0. The summed E-state index contributed by atoms with van der Waals surface area (Å²) in [6.07, 6.45) is 8.96. The van der Waals surface area contributed by atoms with Crippen LogP contribution in [0.5, 0.6) is 11.5 Å². The first kappa shape index (κ1) is 17.7. The quantitative estimate of drug-likeness (QED) is 0.599. The molecule has 1 atom stereocenters. The maximum atomic E-state index is 5.91. The molecule has 0 bridgehead atoms. The maximum Gasteiger partial charge on any atom is 0.126 e. The highest BCUT2D eigenvalue weighted by molar-refractivity contribution is 5.41. The van der Waals surface area contributed by atoms with Gasteiger partial charge in [0.15, 0.2) is 0 Å². The second kappa shape index (κ2) is 8.81. The molecule has 0 N–H and O–H groups in total. The van der Waals surface area contributed by atoms with Crippen LogP contribution in [0.4, 0.5) is 0 Å². The van der Waals surface area contributed by atoms with Crippen molar-refractivity contribution in [2.45, 2.75) is 53.4 Å². The fourth-order valence-electron chi connectivity index (χ4n) is 2.91. The van der Waals surface area contributed by atoms with Gasteiger partial charge in [0.05, 0.1) is 6.61 Å². The predicted octanol–water partition coefficient (Wildman–Crippen LogP) is 5.72. The molecular weight excluding hydrogens is 284 g/mol. The molecule has 1 aliphatic heterocycles. The Labute approximate surface area is 141 Å². The van der Waals surface area contributed by atoms with Crippen LogP contribution in [0, 0.1) is 5.92 Å². The average Bonchev–Trinajstić information content (AvgIpc) is 2.56. The summed E-state index contributed by atoms with van der Waals surface area (Å²) < 4.78 is 11.6. The lowest BCUT2D eigenvalue weighted by Crippen LogP contribution is -2.08. The molecule has 1 heterocycles.